The van der Waals surface area contributed by atoms with E-state index < -0.39 is 11.7 Å². The van der Waals surface area contributed by atoms with Crippen LogP contribution in [0.15, 0.2) is 24.4 Å². The van der Waals surface area contributed by atoms with Gasteiger partial charge in [-0.2, -0.15) is 13.2 Å². The molecule has 20 heavy (non-hydrogen) atoms. The third-order valence-electron chi connectivity index (χ3n) is 3.34. The molecule has 1 heterocycles. The zero-order valence-electron chi connectivity index (χ0n) is 11.8. The van der Waals surface area contributed by atoms with Gasteiger partial charge in [0.2, 0.25) is 0 Å². The summed E-state index contributed by atoms with van der Waals surface area (Å²) in [6.45, 7) is 5.80. The first-order valence-corrected chi connectivity index (χ1v) is 6.66. The van der Waals surface area contributed by atoms with Crippen LogP contribution >= 0.6 is 0 Å². The molecule has 0 bridgehead atoms. The number of hydrogen-bond donors (Lipinski definition) is 1. The minimum absolute atomic E-state index is 0.0245. The fourth-order valence-corrected chi connectivity index (χ4v) is 2.44. The van der Waals surface area contributed by atoms with E-state index in [-0.39, 0.29) is 12.1 Å². The van der Waals surface area contributed by atoms with Gasteiger partial charge in [-0.1, -0.05) is 6.07 Å². The molecular weight excluding hydrogens is 265 g/mol. The summed E-state index contributed by atoms with van der Waals surface area (Å²) in [6.07, 6.45) is -1.75. The van der Waals surface area contributed by atoms with E-state index in [1.807, 2.05) is 31.5 Å². The number of benzene rings is 1. The largest absolute Gasteiger partial charge is 0.416 e. The van der Waals surface area contributed by atoms with E-state index in [1.54, 1.807) is 6.07 Å². The quantitative estimate of drug-likeness (QED) is 0.902. The van der Waals surface area contributed by atoms with Gasteiger partial charge in [-0.3, -0.25) is 0 Å². The highest BCUT2D eigenvalue weighted by Crippen LogP contribution is 2.34. The summed E-state index contributed by atoms with van der Waals surface area (Å²) >= 11 is 0. The molecule has 0 radical (unpaired) electrons. The second kappa shape index (κ2) is 5.13. The summed E-state index contributed by atoms with van der Waals surface area (Å²) < 4.78 is 40.4. The third kappa shape index (κ3) is 2.82. The lowest BCUT2D eigenvalue weighted by atomic mass is 10.1. The first-order valence-electron chi connectivity index (χ1n) is 6.66. The molecule has 1 aromatic carbocycles. The predicted octanol–water partition coefficient (Wildman–Crippen LogP) is 4.13. The Morgan fingerprint density at radius 1 is 1.20 bits per heavy atom. The number of rotatable bonds is 3. The summed E-state index contributed by atoms with van der Waals surface area (Å²) in [6, 6.07) is 3.98. The number of fused-ring (bicyclic) bond motifs is 1. The van der Waals surface area contributed by atoms with Gasteiger partial charge in [0.15, 0.2) is 0 Å². The average molecular weight is 284 g/mol. The molecule has 5 heteroatoms. The van der Waals surface area contributed by atoms with Gasteiger partial charge >= 0.3 is 6.18 Å². The first-order chi connectivity index (χ1) is 9.20. The molecule has 2 nitrogen and oxygen atoms in total. The maximum atomic E-state index is 12.8. The highest BCUT2D eigenvalue weighted by atomic mass is 19.4. The Labute approximate surface area is 116 Å². The zero-order chi connectivity index (χ0) is 15.1. The number of halogens is 3. The van der Waals surface area contributed by atoms with Crippen molar-refractivity contribution in [3.63, 3.8) is 0 Å². The minimum Gasteiger partial charge on any atom is -0.345 e. The Hall–Kier alpha value is -1.49. The molecule has 1 unspecified atom stereocenters. The van der Waals surface area contributed by atoms with Crippen LogP contribution in [0.2, 0.25) is 0 Å². The van der Waals surface area contributed by atoms with E-state index in [2.05, 4.69) is 0 Å². The molecule has 0 aliphatic carbocycles. The SMILES string of the molecule is CC(N)Cc1cn(C(C)C)c2cc(C(F)(F)F)ccc12. The summed E-state index contributed by atoms with van der Waals surface area (Å²) in [5, 5.41) is 0.851. The van der Waals surface area contributed by atoms with E-state index >= 15 is 0 Å². The zero-order valence-corrected chi connectivity index (χ0v) is 11.8. The van der Waals surface area contributed by atoms with Crippen LogP contribution in [0.4, 0.5) is 13.2 Å². The van der Waals surface area contributed by atoms with Crippen LogP contribution in [0, 0.1) is 0 Å². The number of nitrogens with two attached hydrogens (primary N) is 1. The van der Waals surface area contributed by atoms with Crippen molar-refractivity contribution >= 4 is 10.9 Å². The molecule has 0 aliphatic heterocycles. The molecule has 0 fully saturated rings. The van der Waals surface area contributed by atoms with Gasteiger partial charge in [0, 0.05) is 29.2 Å². The van der Waals surface area contributed by atoms with Crippen LogP contribution in [0.25, 0.3) is 10.9 Å². The molecule has 2 aromatic rings. The maximum Gasteiger partial charge on any atom is 0.416 e. The van der Waals surface area contributed by atoms with Crippen molar-refractivity contribution in [3.05, 3.63) is 35.5 Å². The molecule has 1 atom stereocenters. The lowest BCUT2D eigenvalue weighted by molar-refractivity contribution is -0.137. The number of nitrogens with zero attached hydrogens (tertiary/aromatic N) is 1. The second-order valence-corrected chi connectivity index (χ2v) is 5.57. The fourth-order valence-electron chi connectivity index (χ4n) is 2.44. The summed E-state index contributed by atoms with van der Waals surface area (Å²) in [4.78, 5) is 0. The van der Waals surface area contributed by atoms with Gasteiger partial charge in [0.25, 0.3) is 0 Å². The van der Waals surface area contributed by atoms with Crippen molar-refractivity contribution in [1.82, 2.24) is 4.57 Å². The fraction of sp³-hybridized carbons (Fsp3) is 0.467. The molecule has 0 saturated heterocycles. The summed E-state index contributed by atoms with van der Waals surface area (Å²) in [7, 11) is 0. The van der Waals surface area contributed by atoms with Crippen molar-refractivity contribution in [2.45, 2.75) is 45.5 Å². The molecule has 110 valence electrons. The minimum atomic E-state index is -4.32. The number of aromatic nitrogens is 1. The Bertz CT molecular complexity index is 609. The molecule has 0 amide bonds. The van der Waals surface area contributed by atoms with Crippen molar-refractivity contribution in [3.8, 4) is 0 Å². The maximum absolute atomic E-state index is 12.8. The predicted molar refractivity (Wildman–Crippen MR) is 74.7 cm³/mol. The van der Waals surface area contributed by atoms with Crippen LogP contribution in [-0.2, 0) is 12.6 Å². The summed E-state index contributed by atoms with van der Waals surface area (Å²) in [5.74, 6) is 0. The molecule has 0 saturated carbocycles. The molecule has 1 aromatic heterocycles. The Balaban J connectivity index is 2.64. The van der Waals surface area contributed by atoms with Crippen LogP contribution in [0.1, 0.15) is 37.9 Å². The van der Waals surface area contributed by atoms with Gasteiger partial charge in [-0.15, -0.1) is 0 Å². The Morgan fingerprint density at radius 2 is 1.85 bits per heavy atom. The summed E-state index contributed by atoms with van der Waals surface area (Å²) in [5.41, 5.74) is 6.81. The highest BCUT2D eigenvalue weighted by molar-refractivity contribution is 5.85. The lowest BCUT2D eigenvalue weighted by Crippen LogP contribution is -2.17. The van der Waals surface area contributed by atoms with Crippen LogP contribution in [0.5, 0.6) is 0 Å². The van der Waals surface area contributed by atoms with Crippen molar-refractivity contribution in [2.75, 3.05) is 0 Å². The molecular formula is C15H19F3N2. The third-order valence-corrected chi connectivity index (χ3v) is 3.34. The highest BCUT2D eigenvalue weighted by Gasteiger charge is 2.31. The van der Waals surface area contributed by atoms with Crippen LogP contribution in [0.3, 0.4) is 0 Å². The van der Waals surface area contributed by atoms with E-state index in [0.29, 0.717) is 11.9 Å². The molecule has 0 spiro atoms. The van der Waals surface area contributed by atoms with E-state index in [9.17, 15) is 13.2 Å². The molecule has 0 aliphatic rings. The molecule has 2 rings (SSSR count). The Kier molecular flexibility index (Phi) is 3.82. The van der Waals surface area contributed by atoms with Gasteiger partial charge in [0.1, 0.15) is 0 Å². The normalized spacial score (nSPS) is 14.2. The van der Waals surface area contributed by atoms with Gasteiger partial charge in [-0.05, 0) is 44.9 Å². The second-order valence-electron chi connectivity index (χ2n) is 5.57. The standard InChI is InChI=1S/C15H19F3N2/c1-9(2)20-8-11(6-10(3)19)13-5-4-12(7-14(13)20)15(16,17)18/h4-5,7-10H,6,19H2,1-3H3. The number of hydrogen-bond acceptors (Lipinski definition) is 1. The van der Waals surface area contributed by atoms with Gasteiger partial charge in [0.05, 0.1) is 5.56 Å². The number of alkyl halides is 3. The monoisotopic (exact) mass is 284 g/mol. The topological polar surface area (TPSA) is 30.9 Å². The van der Waals surface area contributed by atoms with Crippen molar-refractivity contribution in [2.24, 2.45) is 5.73 Å². The average Bonchev–Trinajstić information content (AvgIpc) is 2.66. The van der Waals surface area contributed by atoms with Crippen LogP contribution in [-0.4, -0.2) is 10.6 Å². The van der Waals surface area contributed by atoms with Crippen LogP contribution < -0.4 is 5.73 Å². The van der Waals surface area contributed by atoms with Crippen molar-refractivity contribution in [1.29, 1.82) is 0 Å². The van der Waals surface area contributed by atoms with Gasteiger partial charge < -0.3 is 10.3 Å². The van der Waals surface area contributed by atoms with E-state index in [4.69, 9.17) is 5.73 Å². The molecule has 2 N–H and O–H groups in total. The van der Waals surface area contributed by atoms with Gasteiger partial charge in [-0.25, -0.2) is 0 Å². The smallest absolute Gasteiger partial charge is 0.345 e. The first kappa shape index (κ1) is 14.9. The van der Waals surface area contributed by atoms with Crippen molar-refractivity contribution < 1.29 is 13.2 Å². The lowest BCUT2D eigenvalue weighted by Gasteiger charge is -2.11. The van der Waals surface area contributed by atoms with E-state index in [0.717, 1.165) is 17.0 Å². The Morgan fingerprint density at radius 3 is 2.35 bits per heavy atom. The van der Waals surface area contributed by atoms with E-state index in [1.165, 1.54) is 6.07 Å².